The van der Waals surface area contributed by atoms with E-state index in [1.54, 1.807) is 25.4 Å². The standard InChI is InChI=1S/C17H25N3O2S2/c1-22-16-11-14(3-4-18-16)17(21)20-6-2-5-19(7-8-20)15-12-23-9-10-24-13-15/h3-4,11,15H,2,5-10,12-13H2,1H3. The molecule has 2 saturated heterocycles. The van der Waals surface area contributed by atoms with Gasteiger partial charge in [0.1, 0.15) is 0 Å². The van der Waals surface area contributed by atoms with Crippen LogP contribution in [0.25, 0.3) is 0 Å². The number of ether oxygens (including phenoxy) is 1. The van der Waals surface area contributed by atoms with E-state index in [0.29, 0.717) is 17.5 Å². The molecule has 5 nitrogen and oxygen atoms in total. The van der Waals surface area contributed by atoms with Crippen molar-refractivity contribution in [1.82, 2.24) is 14.8 Å². The van der Waals surface area contributed by atoms with E-state index in [0.717, 1.165) is 32.6 Å². The Kier molecular flexibility index (Phi) is 6.68. The van der Waals surface area contributed by atoms with Crippen LogP contribution in [-0.4, -0.2) is 83.0 Å². The van der Waals surface area contributed by atoms with Crippen LogP contribution in [0.2, 0.25) is 0 Å². The van der Waals surface area contributed by atoms with Gasteiger partial charge in [0, 0.05) is 73.1 Å². The zero-order valence-electron chi connectivity index (χ0n) is 14.1. The molecule has 0 saturated carbocycles. The average Bonchev–Trinajstić information content (AvgIpc) is 3.04. The summed E-state index contributed by atoms with van der Waals surface area (Å²) in [6, 6.07) is 4.15. The maximum atomic E-state index is 12.8. The second-order valence-corrected chi connectivity index (χ2v) is 8.37. The van der Waals surface area contributed by atoms with Gasteiger partial charge in [0.2, 0.25) is 5.88 Å². The largest absolute Gasteiger partial charge is 0.481 e. The van der Waals surface area contributed by atoms with Gasteiger partial charge in [-0.25, -0.2) is 4.98 Å². The van der Waals surface area contributed by atoms with E-state index in [2.05, 4.69) is 33.4 Å². The van der Waals surface area contributed by atoms with Gasteiger partial charge in [0.05, 0.1) is 7.11 Å². The highest BCUT2D eigenvalue weighted by Gasteiger charge is 2.25. The summed E-state index contributed by atoms with van der Waals surface area (Å²) in [7, 11) is 1.57. The maximum Gasteiger partial charge on any atom is 0.254 e. The number of rotatable bonds is 3. The number of pyridine rings is 1. The lowest BCUT2D eigenvalue weighted by Crippen LogP contribution is -2.42. The van der Waals surface area contributed by atoms with Crippen molar-refractivity contribution in [1.29, 1.82) is 0 Å². The number of hydrogen-bond acceptors (Lipinski definition) is 6. The molecule has 2 aliphatic rings. The van der Waals surface area contributed by atoms with Crippen LogP contribution in [-0.2, 0) is 0 Å². The Morgan fingerprint density at radius 3 is 2.75 bits per heavy atom. The number of thioether (sulfide) groups is 2. The Morgan fingerprint density at radius 1 is 1.21 bits per heavy atom. The molecule has 3 heterocycles. The molecule has 132 valence electrons. The average molecular weight is 368 g/mol. The molecule has 7 heteroatoms. The number of carbonyl (C=O) groups is 1. The van der Waals surface area contributed by atoms with Gasteiger partial charge in [-0.2, -0.15) is 23.5 Å². The maximum absolute atomic E-state index is 12.8. The van der Waals surface area contributed by atoms with Crippen molar-refractivity contribution in [3.05, 3.63) is 23.9 Å². The first-order valence-corrected chi connectivity index (χ1v) is 10.8. The molecular formula is C17H25N3O2S2. The fraction of sp³-hybridized carbons (Fsp3) is 0.647. The van der Waals surface area contributed by atoms with E-state index in [-0.39, 0.29) is 5.91 Å². The van der Waals surface area contributed by atoms with Crippen molar-refractivity contribution >= 4 is 29.4 Å². The van der Waals surface area contributed by atoms with Gasteiger partial charge in [-0.3, -0.25) is 9.69 Å². The first-order valence-electron chi connectivity index (χ1n) is 8.47. The van der Waals surface area contributed by atoms with Crippen molar-refractivity contribution in [3.63, 3.8) is 0 Å². The third-order valence-corrected chi connectivity index (χ3v) is 7.00. The summed E-state index contributed by atoms with van der Waals surface area (Å²) in [4.78, 5) is 21.4. The molecular weight excluding hydrogens is 342 g/mol. The molecule has 24 heavy (non-hydrogen) atoms. The molecule has 1 aromatic rings. The van der Waals surface area contributed by atoms with Crippen molar-refractivity contribution < 1.29 is 9.53 Å². The van der Waals surface area contributed by atoms with Crippen molar-refractivity contribution in [2.75, 3.05) is 56.3 Å². The van der Waals surface area contributed by atoms with Gasteiger partial charge >= 0.3 is 0 Å². The molecule has 2 fully saturated rings. The summed E-state index contributed by atoms with van der Waals surface area (Å²) < 4.78 is 5.13. The second kappa shape index (κ2) is 8.97. The third kappa shape index (κ3) is 4.58. The highest BCUT2D eigenvalue weighted by Crippen LogP contribution is 2.22. The Hall–Kier alpha value is -0.920. The molecule has 0 bridgehead atoms. The number of carbonyl (C=O) groups excluding carboxylic acids is 1. The van der Waals surface area contributed by atoms with Crippen LogP contribution >= 0.6 is 23.5 Å². The summed E-state index contributed by atoms with van der Waals surface area (Å²) in [6.07, 6.45) is 2.68. The Bertz CT molecular complexity index is 550. The first-order chi connectivity index (χ1) is 11.8. The lowest BCUT2D eigenvalue weighted by molar-refractivity contribution is 0.0759. The number of aromatic nitrogens is 1. The molecule has 1 aromatic heterocycles. The molecule has 0 radical (unpaired) electrons. The summed E-state index contributed by atoms with van der Waals surface area (Å²) in [6.45, 7) is 3.69. The SMILES string of the molecule is COc1cc(C(=O)N2CCCN(C3CSCCSC3)CC2)ccn1. The summed E-state index contributed by atoms with van der Waals surface area (Å²) in [5.41, 5.74) is 0.663. The van der Waals surface area contributed by atoms with Crippen LogP contribution in [0.5, 0.6) is 5.88 Å². The van der Waals surface area contributed by atoms with Crippen molar-refractivity contribution in [2.45, 2.75) is 12.5 Å². The van der Waals surface area contributed by atoms with Crippen molar-refractivity contribution in [2.24, 2.45) is 0 Å². The van der Waals surface area contributed by atoms with Gasteiger partial charge in [-0.1, -0.05) is 0 Å². The molecule has 1 amide bonds. The topological polar surface area (TPSA) is 45.7 Å². The highest BCUT2D eigenvalue weighted by atomic mass is 32.2. The first kappa shape index (κ1) is 17.9. The molecule has 0 N–H and O–H groups in total. The van der Waals surface area contributed by atoms with E-state index in [9.17, 15) is 4.79 Å². The molecule has 3 rings (SSSR count). The van der Waals surface area contributed by atoms with Crippen LogP contribution in [0, 0.1) is 0 Å². The predicted molar refractivity (Wildman–Crippen MR) is 101 cm³/mol. The second-order valence-electron chi connectivity index (χ2n) is 6.07. The smallest absolute Gasteiger partial charge is 0.254 e. The number of hydrogen-bond donors (Lipinski definition) is 0. The lowest BCUT2D eigenvalue weighted by atomic mass is 10.2. The Balaban J connectivity index is 1.61. The van der Waals surface area contributed by atoms with Crippen LogP contribution in [0.3, 0.4) is 0 Å². The minimum atomic E-state index is 0.0853. The fourth-order valence-corrected chi connectivity index (χ4v) is 5.78. The monoisotopic (exact) mass is 367 g/mol. The quantitative estimate of drug-likeness (QED) is 0.815. The van der Waals surface area contributed by atoms with Gasteiger partial charge in [0.25, 0.3) is 5.91 Å². The Morgan fingerprint density at radius 2 is 2.00 bits per heavy atom. The Labute approximate surface area is 152 Å². The van der Waals surface area contributed by atoms with Gasteiger partial charge < -0.3 is 9.64 Å². The number of nitrogens with zero attached hydrogens (tertiary/aromatic N) is 3. The fourth-order valence-electron chi connectivity index (χ4n) is 3.16. The molecule has 0 unspecified atom stereocenters. The molecule has 0 spiro atoms. The lowest BCUT2D eigenvalue weighted by Gasteiger charge is -2.29. The zero-order chi connectivity index (χ0) is 16.8. The number of amides is 1. The van der Waals surface area contributed by atoms with Gasteiger partial charge in [0.15, 0.2) is 0 Å². The van der Waals surface area contributed by atoms with Crippen LogP contribution in [0.4, 0.5) is 0 Å². The number of methoxy groups -OCH3 is 1. The van der Waals surface area contributed by atoms with Crippen LogP contribution in [0.1, 0.15) is 16.8 Å². The molecule has 0 aromatic carbocycles. The minimum absolute atomic E-state index is 0.0853. The summed E-state index contributed by atoms with van der Waals surface area (Å²) in [5.74, 6) is 5.56. The van der Waals surface area contributed by atoms with Crippen LogP contribution in [0.15, 0.2) is 18.3 Å². The third-order valence-electron chi connectivity index (χ3n) is 4.52. The predicted octanol–water partition coefficient (Wildman–Crippen LogP) is 2.09. The zero-order valence-corrected chi connectivity index (χ0v) is 15.8. The molecule has 2 aliphatic heterocycles. The van der Waals surface area contributed by atoms with E-state index < -0.39 is 0 Å². The van der Waals surface area contributed by atoms with E-state index in [1.807, 2.05) is 4.90 Å². The molecule has 0 aliphatic carbocycles. The normalized spacial score (nSPS) is 21.1. The summed E-state index contributed by atoms with van der Waals surface area (Å²) in [5, 5.41) is 0. The highest BCUT2D eigenvalue weighted by molar-refractivity contribution is 8.03. The van der Waals surface area contributed by atoms with E-state index in [1.165, 1.54) is 23.0 Å². The van der Waals surface area contributed by atoms with Crippen molar-refractivity contribution in [3.8, 4) is 5.88 Å². The molecule has 0 atom stereocenters. The van der Waals surface area contributed by atoms with E-state index in [4.69, 9.17) is 4.74 Å². The van der Waals surface area contributed by atoms with E-state index >= 15 is 0 Å². The summed E-state index contributed by atoms with van der Waals surface area (Å²) >= 11 is 4.14. The van der Waals surface area contributed by atoms with Gasteiger partial charge in [-0.15, -0.1) is 0 Å². The minimum Gasteiger partial charge on any atom is -0.481 e. The van der Waals surface area contributed by atoms with Gasteiger partial charge in [-0.05, 0) is 12.5 Å². The van der Waals surface area contributed by atoms with Crippen LogP contribution < -0.4 is 4.74 Å².